The second-order valence-corrected chi connectivity index (χ2v) is 6.99. The van der Waals surface area contributed by atoms with Crippen LogP contribution < -0.4 is 5.73 Å². The lowest BCUT2D eigenvalue weighted by Crippen LogP contribution is -2.40. The summed E-state index contributed by atoms with van der Waals surface area (Å²) in [6.07, 6.45) is 3.84. The lowest BCUT2D eigenvalue weighted by Gasteiger charge is -2.32. The first-order chi connectivity index (χ1) is 12.5. The molecule has 8 heteroatoms. The van der Waals surface area contributed by atoms with Gasteiger partial charge in [0.1, 0.15) is 0 Å². The highest BCUT2D eigenvalue weighted by molar-refractivity contribution is 5.76. The Kier molecular flexibility index (Phi) is 4.20. The highest BCUT2D eigenvalue weighted by atomic mass is 16.5. The summed E-state index contributed by atoms with van der Waals surface area (Å²) in [5.74, 6) is 0.590. The molecule has 0 saturated carbocycles. The van der Waals surface area contributed by atoms with Gasteiger partial charge in [-0.15, -0.1) is 0 Å². The molecule has 1 aliphatic heterocycles. The molecule has 4 heterocycles. The number of carbonyl (C=O) groups is 1. The van der Waals surface area contributed by atoms with Crippen molar-refractivity contribution in [1.82, 2.24) is 24.7 Å². The van der Waals surface area contributed by atoms with Crippen molar-refractivity contribution in [2.75, 3.05) is 19.6 Å². The third-order valence-electron chi connectivity index (χ3n) is 4.81. The molecule has 136 valence electrons. The molecule has 26 heavy (non-hydrogen) atoms. The second-order valence-electron chi connectivity index (χ2n) is 6.99. The Morgan fingerprint density at radius 1 is 1.35 bits per heavy atom. The van der Waals surface area contributed by atoms with E-state index >= 15 is 0 Å². The van der Waals surface area contributed by atoms with Gasteiger partial charge < -0.3 is 10.3 Å². The zero-order valence-electron chi connectivity index (χ0n) is 15.0. The van der Waals surface area contributed by atoms with E-state index in [1.165, 1.54) is 0 Å². The summed E-state index contributed by atoms with van der Waals surface area (Å²) in [7, 11) is 0. The maximum absolute atomic E-state index is 11.3. The van der Waals surface area contributed by atoms with Crippen molar-refractivity contribution in [3.05, 3.63) is 35.4 Å². The Labute approximate surface area is 151 Å². The third-order valence-corrected chi connectivity index (χ3v) is 4.81. The molecule has 1 saturated heterocycles. The number of hydrogen-bond donors (Lipinski definition) is 1. The molecule has 8 nitrogen and oxygen atoms in total. The molecule has 3 aromatic heterocycles. The second kappa shape index (κ2) is 6.53. The van der Waals surface area contributed by atoms with Gasteiger partial charge in [0.05, 0.1) is 29.2 Å². The summed E-state index contributed by atoms with van der Waals surface area (Å²) in [5, 5.41) is 8.66. The van der Waals surface area contributed by atoms with E-state index in [0.29, 0.717) is 5.76 Å². The van der Waals surface area contributed by atoms with Crippen molar-refractivity contribution in [3.8, 4) is 11.3 Å². The zero-order valence-corrected chi connectivity index (χ0v) is 15.0. The SMILES string of the molecule is Cc1cc(-c2cnc3cc(C)nn3c2[C@H]2CCCN(CC(N)=O)C2)on1. The van der Waals surface area contributed by atoms with E-state index in [9.17, 15) is 4.79 Å². The highest BCUT2D eigenvalue weighted by Crippen LogP contribution is 2.34. The quantitative estimate of drug-likeness (QED) is 0.764. The Bertz CT molecular complexity index is 960. The van der Waals surface area contributed by atoms with Crippen LogP contribution in [-0.2, 0) is 4.79 Å². The van der Waals surface area contributed by atoms with Gasteiger partial charge in [0.2, 0.25) is 5.91 Å². The number of primary amides is 1. The number of carbonyl (C=O) groups excluding carboxylic acids is 1. The number of aromatic nitrogens is 4. The van der Waals surface area contributed by atoms with Crippen LogP contribution >= 0.6 is 0 Å². The fraction of sp³-hybridized carbons (Fsp3) is 0.444. The normalized spacial score (nSPS) is 18.5. The minimum Gasteiger partial charge on any atom is -0.369 e. The van der Waals surface area contributed by atoms with E-state index in [2.05, 4.69) is 20.1 Å². The van der Waals surface area contributed by atoms with Crippen LogP contribution in [0.4, 0.5) is 0 Å². The average molecular weight is 354 g/mol. The molecule has 1 fully saturated rings. The molecule has 1 amide bonds. The number of hydrogen-bond acceptors (Lipinski definition) is 6. The fourth-order valence-electron chi connectivity index (χ4n) is 3.78. The number of rotatable bonds is 4. The molecule has 1 aliphatic rings. The third kappa shape index (κ3) is 3.08. The summed E-state index contributed by atoms with van der Waals surface area (Å²) >= 11 is 0. The summed E-state index contributed by atoms with van der Waals surface area (Å²) in [4.78, 5) is 18.0. The number of aryl methyl sites for hydroxylation is 2. The molecule has 3 aromatic rings. The Balaban J connectivity index is 1.82. The Morgan fingerprint density at radius 3 is 2.92 bits per heavy atom. The van der Waals surface area contributed by atoms with Crippen molar-refractivity contribution in [2.45, 2.75) is 32.6 Å². The van der Waals surface area contributed by atoms with E-state index in [1.807, 2.05) is 36.7 Å². The number of likely N-dealkylation sites (tertiary alicyclic amines) is 1. The standard InChI is InChI=1S/C18H22N6O2/c1-11-7-17-20-8-14(15-6-12(2)22-26-15)18(24(17)21-11)13-4-3-5-23(9-13)10-16(19)25/h6-8,13H,3-5,9-10H2,1-2H3,(H2,19,25)/t13-/m0/s1. The highest BCUT2D eigenvalue weighted by Gasteiger charge is 2.28. The van der Waals surface area contributed by atoms with Gasteiger partial charge >= 0.3 is 0 Å². The summed E-state index contributed by atoms with van der Waals surface area (Å²) in [5.41, 5.74) is 9.88. The number of fused-ring (bicyclic) bond motifs is 1. The Morgan fingerprint density at radius 2 is 2.19 bits per heavy atom. The minimum atomic E-state index is -0.299. The monoisotopic (exact) mass is 354 g/mol. The van der Waals surface area contributed by atoms with E-state index in [1.54, 1.807) is 0 Å². The molecule has 2 N–H and O–H groups in total. The van der Waals surface area contributed by atoms with Gasteiger partial charge in [-0.05, 0) is 33.2 Å². The van der Waals surface area contributed by atoms with E-state index in [-0.39, 0.29) is 18.4 Å². The largest absolute Gasteiger partial charge is 0.369 e. The molecule has 0 spiro atoms. The van der Waals surface area contributed by atoms with Crippen LogP contribution in [0.3, 0.4) is 0 Å². The summed E-state index contributed by atoms with van der Waals surface area (Å²) in [6.45, 7) is 5.76. The van der Waals surface area contributed by atoms with Crippen molar-refractivity contribution in [2.24, 2.45) is 5.73 Å². The van der Waals surface area contributed by atoms with Gasteiger partial charge in [0.25, 0.3) is 0 Å². The lowest BCUT2D eigenvalue weighted by molar-refractivity contribution is -0.119. The van der Waals surface area contributed by atoms with Crippen molar-refractivity contribution >= 4 is 11.6 Å². The van der Waals surface area contributed by atoms with Crippen molar-refractivity contribution < 1.29 is 9.32 Å². The topological polar surface area (TPSA) is 103 Å². The number of nitrogens with two attached hydrogens (primary N) is 1. The predicted octanol–water partition coefficient (Wildman–Crippen LogP) is 1.67. The lowest BCUT2D eigenvalue weighted by atomic mass is 9.91. The molecular weight excluding hydrogens is 332 g/mol. The van der Waals surface area contributed by atoms with Gasteiger partial charge in [0.15, 0.2) is 11.4 Å². The molecule has 0 aliphatic carbocycles. The number of nitrogens with zero attached hydrogens (tertiary/aromatic N) is 5. The van der Waals surface area contributed by atoms with Crippen LogP contribution in [0.2, 0.25) is 0 Å². The van der Waals surface area contributed by atoms with Gasteiger partial charge in [-0.2, -0.15) is 5.10 Å². The van der Waals surface area contributed by atoms with Crippen LogP contribution in [0.15, 0.2) is 22.9 Å². The maximum Gasteiger partial charge on any atom is 0.231 e. The van der Waals surface area contributed by atoms with Gasteiger partial charge in [-0.3, -0.25) is 9.69 Å². The van der Waals surface area contributed by atoms with Crippen LogP contribution in [-0.4, -0.2) is 50.2 Å². The van der Waals surface area contributed by atoms with Gasteiger partial charge in [0, 0.05) is 30.8 Å². The average Bonchev–Trinajstić information content (AvgIpc) is 3.18. The van der Waals surface area contributed by atoms with E-state index < -0.39 is 0 Å². The summed E-state index contributed by atoms with van der Waals surface area (Å²) in [6, 6.07) is 3.87. The molecule has 0 aromatic carbocycles. The van der Waals surface area contributed by atoms with Crippen LogP contribution in [0.5, 0.6) is 0 Å². The number of amides is 1. The zero-order chi connectivity index (χ0) is 18.3. The van der Waals surface area contributed by atoms with E-state index in [4.69, 9.17) is 10.3 Å². The first-order valence-electron chi connectivity index (χ1n) is 8.81. The molecule has 0 radical (unpaired) electrons. The van der Waals surface area contributed by atoms with Crippen LogP contribution in [0.25, 0.3) is 17.0 Å². The predicted molar refractivity (Wildman–Crippen MR) is 95.6 cm³/mol. The maximum atomic E-state index is 11.3. The minimum absolute atomic E-state index is 0.202. The molecule has 0 unspecified atom stereocenters. The molecule has 1 atom stereocenters. The first-order valence-corrected chi connectivity index (χ1v) is 8.81. The molecular formula is C18H22N6O2. The molecule has 0 bridgehead atoms. The Hall–Kier alpha value is -2.74. The van der Waals surface area contributed by atoms with Crippen LogP contribution in [0, 0.1) is 13.8 Å². The smallest absolute Gasteiger partial charge is 0.231 e. The van der Waals surface area contributed by atoms with Crippen molar-refractivity contribution in [3.63, 3.8) is 0 Å². The first kappa shape index (κ1) is 16.7. The molecule has 4 rings (SSSR count). The van der Waals surface area contributed by atoms with Gasteiger partial charge in [-0.25, -0.2) is 9.50 Å². The number of piperidine rings is 1. The summed E-state index contributed by atoms with van der Waals surface area (Å²) < 4.78 is 7.41. The fourth-order valence-corrected chi connectivity index (χ4v) is 3.78. The van der Waals surface area contributed by atoms with Crippen molar-refractivity contribution in [1.29, 1.82) is 0 Å². The van der Waals surface area contributed by atoms with Crippen LogP contribution in [0.1, 0.15) is 35.8 Å². The van der Waals surface area contributed by atoms with E-state index in [0.717, 1.165) is 54.2 Å². The van der Waals surface area contributed by atoms with Gasteiger partial charge in [-0.1, -0.05) is 5.16 Å².